The first kappa shape index (κ1) is 55.8. The summed E-state index contributed by atoms with van der Waals surface area (Å²) in [7, 11) is 0. The Labute approximate surface area is 428 Å². The number of carbonyl (C=O) groups excluding carboxylic acids is 3. The molecule has 19 nitrogen and oxygen atoms in total. The van der Waals surface area contributed by atoms with Gasteiger partial charge in [-0.15, -0.1) is 5.48 Å². The molecular formula is C54H80N2O17. The summed E-state index contributed by atoms with van der Waals surface area (Å²) in [5.41, 5.74) is 0.411. The van der Waals surface area contributed by atoms with Crippen LogP contribution in [0.15, 0.2) is 58.4 Å². The van der Waals surface area contributed by atoms with Crippen molar-refractivity contribution < 1.29 is 83.2 Å². The van der Waals surface area contributed by atoms with Gasteiger partial charge in [0.2, 0.25) is 5.78 Å². The van der Waals surface area contributed by atoms with Crippen LogP contribution in [0.1, 0.15) is 122 Å². The van der Waals surface area contributed by atoms with Gasteiger partial charge in [-0.2, -0.15) is 0 Å². The molecule has 0 aromatic heterocycles. The van der Waals surface area contributed by atoms with Gasteiger partial charge in [-0.25, -0.2) is 4.79 Å². The Hall–Kier alpha value is -3.41. The van der Waals surface area contributed by atoms with Gasteiger partial charge in [0.25, 0.3) is 0 Å². The van der Waals surface area contributed by atoms with E-state index in [1.54, 1.807) is 27.7 Å². The summed E-state index contributed by atoms with van der Waals surface area (Å²) >= 11 is 0. The number of carbonyl (C=O) groups is 3. The minimum Gasteiger partial charge on any atom is -0.511 e. The molecule has 7 N–H and O–H groups in total. The highest BCUT2D eigenvalue weighted by Crippen LogP contribution is 2.61. The van der Waals surface area contributed by atoms with E-state index in [0.29, 0.717) is 18.4 Å². The van der Waals surface area contributed by atoms with Crippen LogP contribution in [0.3, 0.4) is 0 Å². The summed E-state index contributed by atoms with van der Waals surface area (Å²) in [6, 6.07) is -0.884. The monoisotopic (exact) mass is 1030 g/mol. The number of nitrogens with zero attached hydrogens (tertiary/aromatic N) is 1. The van der Waals surface area contributed by atoms with Crippen LogP contribution < -0.4 is 5.48 Å². The fourth-order valence-corrected chi connectivity index (χ4v) is 13.8. The zero-order valence-electron chi connectivity index (χ0n) is 44.3. The first-order valence-corrected chi connectivity index (χ1v) is 26.2. The summed E-state index contributed by atoms with van der Waals surface area (Å²) in [5, 5.41) is 66.5. The molecule has 4 heterocycles. The largest absolute Gasteiger partial charge is 0.511 e. The van der Waals surface area contributed by atoms with E-state index in [1.165, 1.54) is 6.92 Å². The van der Waals surface area contributed by atoms with Crippen molar-refractivity contribution in [2.45, 2.75) is 213 Å². The first-order valence-electron chi connectivity index (χ1n) is 26.2. The predicted octanol–water partition coefficient (Wildman–Crippen LogP) is 5.58. The summed E-state index contributed by atoms with van der Waals surface area (Å²) in [4.78, 5) is 46.9. The number of aliphatic hydroxyl groups excluding tert-OH is 4. The van der Waals surface area contributed by atoms with Crippen molar-refractivity contribution in [1.29, 1.82) is 0 Å². The maximum Gasteiger partial charge on any atom is 0.346 e. The number of allylic oxidation sites excluding steroid dienone is 4. The number of hydrogen-bond donors (Lipinski definition) is 7. The van der Waals surface area contributed by atoms with E-state index in [4.69, 9.17) is 38.0 Å². The van der Waals surface area contributed by atoms with Crippen molar-refractivity contribution >= 4 is 17.7 Å². The van der Waals surface area contributed by atoms with Crippen molar-refractivity contribution in [3.8, 4) is 0 Å². The maximum atomic E-state index is 15.4. The SMILES string of the molecule is CC(=O)ONC1C(C)OC(OC2CC=C(C)C3C=CC4C(OC5CC(OC6CC(O)C(O)C(C)O6)C(O)C(C)O5)C(C)CC(C)C4C3(C)C(O)=C3C(=O)OC4(CC(C)C(C)=CC4C=C2C)C3=O)CC1(C)N(O)O. The van der Waals surface area contributed by atoms with Crippen molar-refractivity contribution in [1.82, 2.24) is 10.7 Å². The molecule has 23 atom stereocenters. The Morgan fingerprint density at radius 2 is 1.42 bits per heavy atom. The van der Waals surface area contributed by atoms with Gasteiger partial charge >= 0.3 is 11.9 Å². The van der Waals surface area contributed by atoms with Crippen molar-refractivity contribution in [2.24, 2.45) is 46.8 Å². The highest BCUT2D eigenvalue weighted by Gasteiger charge is 2.64. The Morgan fingerprint density at radius 3 is 2.08 bits per heavy atom. The number of rotatable bonds is 9. The molecule has 1 spiro atoms. The Bertz CT molecular complexity index is 2250. The van der Waals surface area contributed by atoms with E-state index >= 15 is 4.79 Å². The molecule has 23 unspecified atom stereocenters. The molecule has 0 amide bonds. The molecule has 0 radical (unpaired) electrons. The van der Waals surface area contributed by atoms with Crippen LogP contribution in [0, 0.1) is 46.8 Å². The number of ketones is 1. The number of aliphatic hydroxyl groups is 4. The lowest BCUT2D eigenvalue weighted by atomic mass is 9.49. The molecule has 408 valence electrons. The molecule has 8 aliphatic rings. The van der Waals surface area contributed by atoms with E-state index in [2.05, 4.69) is 25.4 Å². The van der Waals surface area contributed by atoms with Gasteiger partial charge < -0.3 is 58.4 Å². The van der Waals surface area contributed by atoms with Gasteiger partial charge in [0.15, 0.2) is 24.5 Å². The molecule has 2 bridgehead atoms. The lowest BCUT2D eigenvalue weighted by Gasteiger charge is -2.56. The minimum absolute atomic E-state index is 0.0194. The van der Waals surface area contributed by atoms with Gasteiger partial charge in [0, 0.05) is 55.8 Å². The first-order chi connectivity index (χ1) is 34.2. The van der Waals surface area contributed by atoms with Crippen molar-refractivity contribution in [2.75, 3.05) is 0 Å². The molecule has 19 heteroatoms. The minimum atomic E-state index is -1.68. The van der Waals surface area contributed by atoms with Gasteiger partial charge in [-0.3, -0.25) is 20.0 Å². The number of ether oxygens (including phenoxy) is 7. The van der Waals surface area contributed by atoms with E-state index in [0.717, 1.165) is 11.1 Å². The average Bonchev–Trinajstić information content (AvgIpc) is 3.55. The van der Waals surface area contributed by atoms with Crippen molar-refractivity contribution in [3.63, 3.8) is 0 Å². The van der Waals surface area contributed by atoms with Crippen LogP contribution in [-0.4, -0.2) is 145 Å². The molecule has 1 saturated carbocycles. The third-order valence-corrected chi connectivity index (χ3v) is 18.0. The highest BCUT2D eigenvalue weighted by atomic mass is 16.8. The summed E-state index contributed by atoms with van der Waals surface area (Å²) in [6.07, 6.45) is 1.23. The normalized spacial score (nSPS) is 47.4. The van der Waals surface area contributed by atoms with Gasteiger partial charge in [-0.1, -0.05) is 74.4 Å². The number of Topliss-reactive ketones (excluding diaryl/α,β-unsaturated/α-hetero) is 1. The molecule has 4 aliphatic heterocycles. The van der Waals surface area contributed by atoms with E-state index in [9.17, 15) is 40.4 Å². The van der Waals surface area contributed by atoms with E-state index in [-0.39, 0.29) is 65.9 Å². The third-order valence-electron chi connectivity index (χ3n) is 18.0. The molecule has 4 aliphatic carbocycles. The second-order valence-electron chi connectivity index (χ2n) is 23.2. The van der Waals surface area contributed by atoms with Gasteiger partial charge in [-0.05, 0) is 90.6 Å². The quantitative estimate of drug-likeness (QED) is 0.0643. The summed E-state index contributed by atoms with van der Waals surface area (Å²) in [6.45, 7) is 21.9. The molecule has 0 aromatic carbocycles. The number of hydroxylamine groups is 3. The number of nitrogens with one attached hydrogen (secondary N) is 1. The average molecular weight is 1030 g/mol. The van der Waals surface area contributed by atoms with Crippen LogP contribution in [0.5, 0.6) is 0 Å². The lowest BCUT2D eigenvalue weighted by molar-refractivity contribution is -0.395. The van der Waals surface area contributed by atoms with Crippen LogP contribution >= 0.6 is 0 Å². The molecule has 5 fully saturated rings. The Kier molecular flexibility index (Phi) is 16.2. The molecule has 4 saturated heterocycles. The number of hydrogen-bond acceptors (Lipinski definition) is 19. The Balaban J connectivity index is 1.17. The zero-order chi connectivity index (χ0) is 53.4. The van der Waals surface area contributed by atoms with Crippen LogP contribution in [0.25, 0.3) is 0 Å². The zero-order valence-corrected chi connectivity index (χ0v) is 44.3. The van der Waals surface area contributed by atoms with Crippen LogP contribution in [0.4, 0.5) is 0 Å². The second kappa shape index (κ2) is 21.2. The van der Waals surface area contributed by atoms with E-state index in [1.807, 2.05) is 58.9 Å². The standard InChI is InChI=1S/C54H80N2O17/c1-24-13-16-38(69-42-23-52(11,56(64)65)48(32(9)68-42)55-73-33(10)57)26(3)19-34-18-25(2)29(6)22-54(34)50(62)43(51(63)72-54)49(61)53(12)36(24)15-14-35-44(53)27(4)17-28(5)47(35)71-41-21-39(46(60)31(8)67-41)70-40-20-37(58)45(59)30(7)66-40/h13-15,18-19,27-32,34-42,44-48,55,58-61,64-65H,16-17,20-23H2,1-12H3. The molecule has 8 rings (SSSR count). The molecule has 73 heavy (non-hydrogen) atoms. The summed E-state index contributed by atoms with van der Waals surface area (Å²) in [5.74, 6) is -4.70. The predicted molar refractivity (Wildman–Crippen MR) is 259 cm³/mol. The van der Waals surface area contributed by atoms with Crippen molar-refractivity contribution in [3.05, 3.63) is 58.4 Å². The summed E-state index contributed by atoms with van der Waals surface area (Å²) < 4.78 is 45.0. The third kappa shape index (κ3) is 10.2. The fraction of sp³-hybridized carbons (Fsp3) is 0.759. The van der Waals surface area contributed by atoms with Crippen LogP contribution in [-0.2, 0) is 52.4 Å². The molecule has 0 aromatic rings. The van der Waals surface area contributed by atoms with Crippen LogP contribution in [0.2, 0.25) is 0 Å². The smallest absolute Gasteiger partial charge is 0.346 e. The second-order valence-corrected chi connectivity index (χ2v) is 23.2. The van der Waals surface area contributed by atoms with Gasteiger partial charge in [0.05, 0.1) is 54.3 Å². The lowest BCUT2D eigenvalue weighted by Crippen LogP contribution is -2.67. The van der Waals surface area contributed by atoms with Gasteiger partial charge in [0.1, 0.15) is 23.5 Å². The highest BCUT2D eigenvalue weighted by molar-refractivity contribution is 6.26. The fourth-order valence-electron chi connectivity index (χ4n) is 13.8. The number of fused-ring (bicyclic) bond motifs is 4. The Morgan fingerprint density at radius 1 is 0.781 bits per heavy atom. The molecular weight excluding hydrogens is 949 g/mol. The number of esters is 1. The van der Waals surface area contributed by atoms with E-state index < -0.39 is 132 Å². The topological polar surface area (TPSA) is 262 Å². The maximum absolute atomic E-state index is 15.4.